The number of carbonyl (C=O) groups is 1. The van der Waals surface area contributed by atoms with Crippen LogP contribution in [-0.4, -0.2) is 17.0 Å². The SMILES string of the molecule is CCCCc1ccc2nc(NC(=O)c3cccc(O[C@H](C)CC)c3)sc2c1. The second-order valence-electron chi connectivity index (χ2n) is 6.74. The van der Waals surface area contributed by atoms with Crippen LogP contribution in [0, 0.1) is 0 Å². The molecule has 1 aromatic heterocycles. The van der Waals surface area contributed by atoms with Gasteiger partial charge in [-0.1, -0.05) is 43.7 Å². The van der Waals surface area contributed by atoms with Crippen LogP contribution in [0.25, 0.3) is 10.2 Å². The molecule has 0 saturated heterocycles. The average Bonchev–Trinajstić information content (AvgIpc) is 3.07. The Hall–Kier alpha value is -2.40. The van der Waals surface area contributed by atoms with Gasteiger partial charge in [0.25, 0.3) is 5.91 Å². The molecule has 5 heteroatoms. The maximum atomic E-state index is 12.6. The van der Waals surface area contributed by atoms with Gasteiger partial charge in [0.2, 0.25) is 0 Å². The van der Waals surface area contributed by atoms with Crippen molar-refractivity contribution < 1.29 is 9.53 Å². The van der Waals surface area contributed by atoms with Gasteiger partial charge in [-0.3, -0.25) is 10.1 Å². The van der Waals surface area contributed by atoms with Crippen LogP contribution in [0.3, 0.4) is 0 Å². The predicted molar refractivity (Wildman–Crippen MR) is 113 cm³/mol. The maximum Gasteiger partial charge on any atom is 0.257 e. The van der Waals surface area contributed by atoms with E-state index in [0.717, 1.165) is 23.1 Å². The molecular formula is C22H26N2O2S. The van der Waals surface area contributed by atoms with E-state index in [1.165, 1.54) is 29.7 Å². The summed E-state index contributed by atoms with van der Waals surface area (Å²) in [7, 11) is 0. The third-order valence-corrected chi connectivity index (χ3v) is 5.43. The second kappa shape index (κ2) is 9.00. The molecule has 2 aromatic carbocycles. The lowest BCUT2D eigenvalue weighted by Gasteiger charge is -2.13. The summed E-state index contributed by atoms with van der Waals surface area (Å²) < 4.78 is 6.91. The van der Waals surface area contributed by atoms with Gasteiger partial charge < -0.3 is 4.74 Å². The predicted octanol–water partition coefficient (Wildman–Crippen LogP) is 6.07. The molecule has 1 atom stereocenters. The van der Waals surface area contributed by atoms with Crippen LogP contribution in [0.4, 0.5) is 5.13 Å². The number of nitrogens with zero attached hydrogens (tertiary/aromatic N) is 1. The Morgan fingerprint density at radius 3 is 2.85 bits per heavy atom. The molecule has 1 N–H and O–H groups in total. The number of ether oxygens (including phenoxy) is 1. The van der Waals surface area contributed by atoms with Crippen molar-refractivity contribution in [3.8, 4) is 5.75 Å². The molecule has 3 rings (SSSR count). The molecule has 3 aromatic rings. The number of amides is 1. The zero-order valence-corrected chi connectivity index (χ0v) is 16.9. The first-order valence-electron chi connectivity index (χ1n) is 9.56. The van der Waals surface area contributed by atoms with E-state index >= 15 is 0 Å². The molecule has 142 valence electrons. The third kappa shape index (κ3) is 5.07. The summed E-state index contributed by atoms with van der Waals surface area (Å²) in [6.07, 6.45) is 4.48. The summed E-state index contributed by atoms with van der Waals surface area (Å²) in [6, 6.07) is 13.6. The normalized spacial score (nSPS) is 12.1. The zero-order valence-electron chi connectivity index (χ0n) is 16.1. The Bertz CT molecular complexity index is 920. The van der Waals surface area contributed by atoms with Crippen molar-refractivity contribution in [2.75, 3.05) is 5.32 Å². The highest BCUT2D eigenvalue weighted by molar-refractivity contribution is 7.22. The number of rotatable bonds is 8. The fraction of sp³-hybridized carbons (Fsp3) is 0.364. The van der Waals surface area contributed by atoms with Gasteiger partial charge in [-0.15, -0.1) is 0 Å². The molecule has 0 radical (unpaired) electrons. The molecule has 4 nitrogen and oxygen atoms in total. The molecule has 1 amide bonds. The van der Waals surface area contributed by atoms with Crippen LogP contribution in [0.5, 0.6) is 5.75 Å². The highest BCUT2D eigenvalue weighted by Crippen LogP contribution is 2.28. The summed E-state index contributed by atoms with van der Waals surface area (Å²) in [5, 5.41) is 3.54. The molecule has 0 aliphatic carbocycles. The van der Waals surface area contributed by atoms with Crippen molar-refractivity contribution >= 4 is 32.6 Å². The van der Waals surface area contributed by atoms with Gasteiger partial charge in [-0.2, -0.15) is 0 Å². The smallest absolute Gasteiger partial charge is 0.257 e. The first kappa shape index (κ1) is 19.4. The Morgan fingerprint density at radius 1 is 1.22 bits per heavy atom. The molecule has 0 saturated carbocycles. The number of hydrogen-bond donors (Lipinski definition) is 1. The van der Waals surface area contributed by atoms with E-state index in [-0.39, 0.29) is 12.0 Å². The van der Waals surface area contributed by atoms with E-state index in [2.05, 4.69) is 36.3 Å². The molecule has 0 fully saturated rings. The molecule has 0 aliphatic rings. The number of fused-ring (bicyclic) bond motifs is 1. The van der Waals surface area contributed by atoms with E-state index in [1.807, 2.05) is 25.1 Å². The van der Waals surface area contributed by atoms with Gasteiger partial charge in [0.1, 0.15) is 5.75 Å². The molecule has 0 spiro atoms. The van der Waals surface area contributed by atoms with Gasteiger partial charge in [0, 0.05) is 5.56 Å². The van der Waals surface area contributed by atoms with Crippen LogP contribution >= 0.6 is 11.3 Å². The molecular weight excluding hydrogens is 356 g/mol. The minimum atomic E-state index is -0.171. The van der Waals surface area contributed by atoms with Crippen LogP contribution in [0.2, 0.25) is 0 Å². The summed E-state index contributed by atoms with van der Waals surface area (Å²) in [5.41, 5.74) is 2.81. The van der Waals surface area contributed by atoms with E-state index in [9.17, 15) is 4.79 Å². The molecule has 27 heavy (non-hydrogen) atoms. The topological polar surface area (TPSA) is 51.2 Å². The first-order chi connectivity index (χ1) is 13.1. The minimum Gasteiger partial charge on any atom is -0.491 e. The van der Waals surface area contributed by atoms with Crippen molar-refractivity contribution in [3.05, 3.63) is 53.6 Å². The Balaban J connectivity index is 1.72. The number of carbonyl (C=O) groups excluding carboxylic acids is 1. The number of hydrogen-bond acceptors (Lipinski definition) is 4. The molecule has 0 unspecified atom stereocenters. The number of thiazole rings is 1. The third-order valence-electron chi connectivity index (χ3n) is 4.50. The maximum absolute atomic E-state index is 12.6. The van der Waals surface area contributed by atoms with Crippen molar-refractivity contribution in [2.24, 2.45) is 0 Å². The van der Waals surface area contributed by atoms with Gasteiger partial charge in [0.15, 0.2) is 5.13 Å². The Kier molecular flexibility index (Phi) is 6.45. The van der Waals surface area contributed by atoms with Crippen molar-refractivity contribution in [1.82, 2.24) is 4.98 Å². The van der Waals surface area contributed by atoms with Crippen molar-refractivity contribution in [3.63, 3.8) is 0 Å². The van der Waals surface area contributed by atoms with Crippen LogP contribution in [0.1, 0.15) is 56.0 Å². The van der Waals surface area contributed by atoms with Crippen molar-refractivity contribution in [2.45, 2.75) is 52.6 Å². The lowest BCUT2D eigenvalue weighted by atomic mass is 10.1. The summed E-state index contributed by atoms with van der Waals surface area (Å²) in [4.78, 5) is 17.1. The van der Waals surface area contributed by atoms with E-state index < -0.39 is 0 Å². The zero-order chi connectivity index (χ0) is 19.2. The standard InChI is InChI=1S/C22H26N2O2S/c1-4-6-8-16-11-12-19-20(13-16)27-22(23-19)24-21(25)17-9-7-10-18(14-17)26-15(3)5-2/h7,9-15H,4-6,8H2,1-3H3,(H,23,24,25)/t15-/m1/s1. The summed E-state index contributed by atoms with van der Waals surface area (Å²) >= 11 is 1.51. The summed E-state index contributed by atoms with van der Waals surface area (Å²) in [6.45, 7) is 6.28. The number of aryl methyl sites for hydroxylation is 1. The van der Waals surface area contributed by atoms with Gasteiger partial charge in [-0.05, 0) is 62.1 Å². The second-order valence-corrected chi connectivity index (χ2v) is 7.77. The Labute approximate surface area is 164 Å². The van der Waals surface area contributed by atoms with Crippen LogP contribution in [-0.2, 0) is 6.42 Å². The lowest BCUT2D eigenvalue weighted by molar-refractivity contribution is 0.102. The van der Waals surface area contributed by atoms with E-state index in [1.54, 1.807) is 12.1 Å². The van der Waals surface area contributed by atoms with E-state index in [4.69, 9.17) is 4.74 Å². The highest BCUT2D eigenvalue weighted by atomic mass is 32.1. The highest BCUT2D eigenvalue weighted by Gasteiger charge is 2.12. The van der Waals surface area contributed by atoms with Crippen molar-refractivity contribution in [1.29, 1.82) is 0 Å². The van der Waals surface area contributed by atoms with Gasteiger partial charge in [-0.25, -0.2) is 4.98 Å². The van der Waals surface area contributed by atoms with Crippen LogP contribution < -0.4 is 10.1 Å². The number of aromatic nitrogens is 1. The van der Waals surface area contributed by atoms with E-state index in [0.29, 0.717) is 16.4 Å². The fourth-order valence-electron chi connectivity index (χ4n) is 2.75. The number of unbranched alkanes of at least 4 members (excludes halogenated alkanes) is 1. The number of nitrogens with one attached hydrogen (secondary N) is 1. The van der Waals surface area contributed by atoms with Gasteiger partial charge >= 0.3 is 0 Å². The molecule has 0 aliphatic heterocycles. The average molecular weight is 383 g/mol. The minimum absolute atomic E-state index is 0.120. The number of anilines is 1. The molecule has 1 heterocycles. The van der Waals surface area contributed by atoms with Gasteiger partial charge in [0.05, 0.1) is 16.3 Å². The monoisotopic (exact) mass is 382 g/mol. The Morgan fingerprint density at radius 2 is 2.07 bits per heavy atom. The summed E-state index contributed by atoms with van der Waals surface area (Å²) in [5.74, 6) is 0.539. The number of benzene rings is 2. The first-order valence-corrected chi connectivity index (χ1v) is 10.4. The lowest BCUT2D eigenvalue weighted by Crippen LogP contribution is -2.13. The largest absolute Gasteiger partial charge is 0.491 e. The molecule has 0 bridgehead atoms. The van der Waals surface area contributed by atoms with Crippen LogP contribution in [0.15, 0.2) is 42.5 Å². The fourth-order valence-corrected chi connectivity index (χ4v) is 3.68. The quantitative estimate of drug-likeness (QED) is 0.514.